The van der Waals surface area contributed by atoms with Gasteiger partial charge in [0.25, 0.3) is 0 Å². The van der Waals surface area contributed by atoms with Crippen molar-refractivity contribution in [1.29, 1.82) is 0 Å². The summed E-state index contributed by atoms with van der Waals surface area (Å²) >= 11 is -1.82. The molecule has 0 saturated heterocycles. The van der Waals surface area contributed by atoms with E-state index in [-0.39, 0.29) is 24.8 Å². The molecule has 0 spiro atoms. The van der Waals surface area contributed by atoms with Gasteiger partial charge in [-0.25, -0.2) is 0 Å². The molecule has 0 aromatic heterocycles. The second kappa shape index (κ2) is 8.49. The van der Waals surface area contributed by atoms with E-state index in [1.807, 2.05) is 44.2 Å². The summed E-state index contributed by atoms with van der Waals surface area (Å²) in [5.41, 5.74) is 1.21. The van der Waals surface area contributed by atoms with Crippen LogP contribution in [0.5, 0.6) is 0 Å². The topological polar surface area (TPSA) is 17.1 Å². The first-order valence-corrected chi connectivity index (χ1v) is 6.54. The standard InChI is InChI=1S/C7H7.C3H7.2ClH.O.V/c1-7-5-3-2-4-6-7;1-3-2;;;;/h2-6H,1H2;3H,1-2H3;2*1H;;/q;;;;;+2/p-2. The van der Waals surface area contributed by atoms with Gasteiger partial charge in [-0.15, -0.1) is 0 Å². The molecule has 0 unspecified atom stereocenters. The summed E-state index contributed by atoms with van der Waals surface area (Å²) in [4.78, 5) is 0. The quantitative estimate of drug-likeness (QED) is 0.573. The molecule has 1 aromatic carbocycles. The van der Waals surface area contributed by atoms with Crippen LogP contribution in [0.1, 0.15) is 19.4 Å². The number of halogens is 2. The van der Waals surface area contributed by atoms with Crippen molar-refractivity contribution in [2.24, 2.45) is 0 Å². The predicted molar refractivity (Wildman–Crippen MR) is 45.9 cm³/mol. The van der Waals surface area contributed by atoms with Gasteiger partial charge < -0.3 is 24.8 Å². The Morgan fingerprint density at radius 3 is 2.07 bits per heavy atom. The summed E-state index contributed by atoms with van der Waals surface area (Å²) < 4.78 is 11.9. The first kappa shape index (κ1) is 16.6. The zero-order chi connectivity index (χ0) is 8.97. The predicted octanol–water partition coefficient (Wildman–Crippen LogP) is -3.01. The van der Waals surface area contributed by atoms with Crippen LogP contribution in [0.2, 0.25) is 4.63 Å². The van der Waals surface area contributed by atoms with E-state index < -0.39 is 15.1 Å². The van der Waals surface area contributed by atoms with Crippen LogP contribution in [-0.4, -0.2) is 0 Å². The Kier molecular flexibility index (Phi) is 10.1. The fraction of sp³-hybridized carbons (Fsp3) is 0.400. The van der Waals surface area contributed by atoms with Gasteiger partial charge in [0.2, 0.25) is 0 Å². The smallest absolute Gasteiger partial charge is 1.00 e. The third-order valence-electron chi connectivity index (χ3n) is 1.76. The average Bonchev–Trinajstić information content (AvgIpc) is 2.06. The van der Waals surface area contributed by atoms with E-state index in [0.717, 1.165) is 5.13 Å². The van der Waals surface area contributed by atoms with Gasteiger partial charge in [-0.2, -0.15) is 0 Å². The van der Waals surface area contributed by atoms with Crippen molar-refractivity contribution in [2.45, 2.75) is 23.6 Å². The van der Waals surface area contributed by atoms with Crippen LogP contribution in [0, 0.1) is 0 Å². The second-order valence-electron chi connectivity index (χ2n) is 3.15. The minimum absolute atomic E-state index is 0. The van der Waals surface area contributed by atoms with Crippen LogP contribution in [0.15, 0.2) is 30.3 Å². The zero-order valence-corrected chi connectivity index (χ0v) is 11.2. The molecule has 14 heavy (non-hydrogen) atoms. The van der Waals surface area contributed by atoms with E-state index in [1.54, 1.807) is 0 Å². The van der Waals surface area contributed by atoms with Gasteiger partial charge in [-0.1, -0.05) is 0 Å². The maximum Gasteiger partial charge on any atom is -1.00 e. The van der Waals surface area contributed by atoms with Crippen LogP contribution in [0.3, 0.4) is 0 Å². The molecule has 0 amide bonds. The minimum atomic E-state index is -1.82. The molecule has 79 valence electrons. The molecule has 0 aliphatic carbocycles. The summed E-state index contributed by atoms with van der Waals surface area (Å²) in [7, 11) is 0. The Morgan fingerprint density at radius 2 is 1.64 bits per heavy atom. The molecule has 0 aliphatic rings. The SMILES string of the molecule is C[CH](C)[V+2](=[O])[CH2]c1ccccc1.[Cl-].[Cl-]. The summed E-state index contributed by atoms with van der Waals surface area (Å²) in [6, 6.07) is 10.1. The molecule has 1 nitrogen and oxygen atoms in total. The van der Waals surface area contributed by atoms with E-state index >= 15 is 0 Å². The molecule has 1 rings (SSSR count). The van der Waals surface area contributed by atoms with E-state index in [0.29, 0.717) is 4.63 Å². The number of hydrogen-bond donors (Lipinski definition) is 0. The summed E-state index contributed by atoms with van der Waals surface area (Å²) in [5.74, 6) is 0. The molecule has 0 saturated carbocycles. The Balaban J connectivity index is 0. The van der Waals surface area contributed by atoms with Crippen LogP contribution in [0.4, 0.5) is 0 Å². The molecular formula is C10H14Cl2OV. The van der Waals surface area contributed by atoms with Gasteiger partial charge >= 0.3 is 78.3 Å². The van der Waals surface area contributed by atoms with Gasteiger partial charge in [0.05, 0.1) is 0 Å². The fourth-order valence-electron chi connectivity index (χ4n) is 0.946. The Bertz CT molecular complexity index is 262. The van der Waals surface area contributed by atoms with Crippen molar-refractivity contribution < 1.29 is 43.6 Å². The maximum absolute atomic E-state index is 11.5. The van der Waals surface area contributed by atoms with Crippen molar-refractivity contribution in [3.05, 3.63) is 35.9 Å². The van der Waals surface area contributed by atoms with Crippen LogP contribution in [-0.2, 0) is 23.9 Å². The molecular weight excluding hydrogens is 258 g/mol. The normalized spacial score (nSPS) is 8.79. The summed E-state index contributed by atoms with van der Waals surface area (Å²) in [5, 5.41) is 0.797. The molecule has 0 bridgehead atoms. The summed E-state index contributed by atoms with van der Waals surface area (Å²) in [6.45, 7) is 4.08. The maximum atomic E-state index is 11.5. The van der Waals surface area contributed by atoms with Crippen LogP contribution in [0.25, 0.3) is 0 Å². The van der Waals surface area contributed by atoms with Crippen LogP contribution < -0.4 is 24.8 Å². The van der Waals surface area contributed by atoms with Gasteiger partial charge in [0.1, 0.15) is 0 Å². The van der Waals surface area contributed by atoms with Gasteiger partial charge in [0, 0.05) is 0 Å². The summed E-state index contributed by atoms with van der Waals surface area (Å²) in [6.07, 6.45) is 0. The molecule has 4 heteroatoms. The first-order valence-electron chi connectivity index (χ1n) is 4.18. The number of rotatable bonds is 3. The van der Waals surface area contributed by atoms with Crippen LogP contribution >= 0.6 is 0 Å². The van der Waals surface area contributed by atoms with E-state index in [2.05, 4.69) is 0 Å². The molecule has 1 aromatic rings. The van der Waals surface area contributed by atoms with Crippen molar-refractivity contribution in [2.75, 3.05) is 0 Å². The molecule has 0 N–H and O–H groups in total. The third-order valence-corrected chi connectivity index (χ3v) is 4.61. The van der Waals surface area contributed by atoms with Crippen molar-refractivity contribution in [3.63, 3.8) is 0 Å². The average molecular weight is 272 g/mol. The van der Waals surface area contributed by atoms with Gasteiger partial charge in [-0.3, -0.25) is 0 Å². The number of hydrogen-bond acceptors (Lipinski definition) is 1. The van der Waals surface area contributed by atoms with E-state index in [4.69, 9.17) is 0 Å². The Hall–Kier alpha value is 0.184. The third kappa shape index (κ3) is 5.82. The number of benzene rings is 1. The molecule has 0 radical (unpaired) electrons. The largest absolute Gasteiger partial charge is 1.00 e. The van der Waals surface area contributed by atoms with Crippen molar-refractivity contribution in [1.82, 2.24) is 0 Å². The second-order valence-corrected chi connectivity index (χ2v) is 6.56. The van der Waals surface area contributed by atoms with Crippen molar-refractivity contribution in [3.8, 4) is 0 Å². The van der Waals surface area contributed by atoms with Gasteiger partial charge in [-0.05, 0) is 0 Å². The van der Waals surface area contributed by atoms with E-state index in [9.17, 15) is 3.67 Å². The monoisotopic (exact) mass is 271 g/mol. The zero-order valence-electron chi connectivity index (χ0n) is 8.28. The Labute approximate surface area is 103 Å². The van der Waals surface area contributed by atoms with Crippen molar-refractivity contribution >= 4 is 0 Å². The Morgan fingerprint density at radius 1 is 1.14 bits per heavy atom. The molecule has 0 atom stereocenters. The minimum Gasteiger partial charge on any atom is -1.00 e. The molecule has 0 fully saturated rings. The fourth-order valence-corrected chi connectivity index (χ4v) is 2.41. The molecule has 0 heterocycles. The van der Waals surface area contributed by atoms with Gasteiger partial charge in [0.15, 0.2) is 0 Å². The molecule has 0 aliphatic heterocycles. The first-order chi connectivity index (χ1) is 5.70. The van der Waals surface area contributed by atoms with E-state index in [1.165, 1.54) is 5.56 Å².